The summed E-state index contributed by atoms with van der Waals surface area (Å²) in [6.07, 6.45) is 0. The van der Waals surface area contributed by atoms with Crippen molar-refractivity contribution in [3.05, 3.63) is 29.6 Å². The Kier molecular flexibility index (Phi) is 3.62. The molecule has 0 aromatic heterocycles. The Hall–Kier alpha value is -1.09. The van der Waals surface area contributed by atoms with E-state index in [-0.39, 0.29) is 11.2 Å². The van der Waals surface area contributed by atoms with E-state index in [2.05, 4.69) is 31.0 Å². The van der Waals surface area contributed by atoms with Crippen LogP contribution in [0.5, 0.6) is 0 Å². The van der Waals surface area contributed by atoms with Crippen molar-refractivity contribution >= 4 is 5.69 Å². The minimum absolute atomic E-state index is 0.116. The first-order valence-corrected chi connectivity index (χ1v) is 6.62. The fourth-order valence-corrected chi connectivity index (χ4v) is 2.41. The molecule has 1 fully saturated rings. The third-order valence-electron chi connectivity index (χ3n) is 3.66. The fourth-order valence-electron chi connectivity index (χ4n) is 2.41. The topological polar surface area (TPSA) is 15.3 Å². The van der Waals surface area contributed by atoms with Gasteiger partial charge in [-0.05, 0) is 30.0 Å². The van der Waals surface area contributed by atoms with E-state index in [9.17, 15) is 4.39 Å². The summed E-state index contributed by atoms with van der Waals surface area (Å²) in [5.41, 5.74) is 2.04. The molecule has 1 N–H and O–H groups in total. The Morgan fingerprint density at radius 3 is 2.72 bits per heavy atom. The zero-order chi connectivity index (χ0) is 13.3. The Morgan fingerprint density at radius 1 is 1.33 bits per heavy atom. The maximum atomic E-state index is 13.9. The van der Waals surface area contributed by atoms with Gasteiger partial charge in [0.15, 0.2) is 0 Å². The molecule has 0 bridgehead atoms. The summed E-state index contributed by atoms with van der Waals surface area (Å²) in [5, 5.41) is 3.53. The van der Waals surface area contributed by atoms with Gasteiger partial charge in [-0.2, -0.15) is 0 Å². The number of aryl methyl sites for hydroxylation is 1. The molecule has 0 aliphatic carbocycles. The van der Waals surface area contributed by atoms with E-state index in [0.717, 1.165) is 30.9 Å². The van der Waals surface area contributed by atoms with E-state index in [1.807, 2.05) is 19.1 Å². The molecule has 0 amide bonds. The number of hydrogen-bond donors (Lipinski definition) is 1. The second kappa shape index (κ2) is 4.88. The van der Waals surface area contributed by atoms with Gasteiger partial charge in [0.25, 0.3) is 0 Å². The molecule has 100 valence electrons. The summed E-state index contributed by atoms with van der Waals surface area (Å²) in [6.45, 7) is 11.3. The average Bonchev–Trinajstić information content (AvgIpc) is 2.31. The first-order valence-electron chi connectivity index (χ1n) is 6.62. The number of benzene rings is 1. The number of anilines is 1. The monoisotopic (exact) mass is 250 g/mol. The van der Waals surface area contributed by atoms with Gasteiger partial charge in [-0.25, -0.2) is 4.39 Å². The highest BCUT2D eigenvalue weighted by Gasteiger charge is 2.30. The highest BCUT2D eigenvalue weighted by molar-refractivity contribution is 5.50. The lowest BCUT2D eigenvalue weighted by Gasteiger charge is -2.41. The van der Waals surface area contributed by atoms with E-state index < -0.39 is 0 Å². The van der Waals surface area contributed by atoms with Gasteiger partial charge in [-0.3, -0.25) is 0 Å². The molecule has 3 heteroatoms. The zero-order valence-electron chi connectivity index (χ0n) is 11.8. The van der Waals surface area contributed by atoms with Crippen molar-refractivity contribution < 1.29 is 4.39 Å². The molecule has 0 spiro atoms. The first-order chi connectivity index (χ1) is 8.38. The van der Waals surface area contributed by atoms with Crippen molar-refractivity contribution in [2.24, 2.45) is 5.41 Å². The molecule has 1 aliphatic rings. The molecule has 0 saturated carbocycles. The van der Waals surface area contributed by atoms with Gasteiger partial charge in [0.1, 0.15) is 5.82 Å². The summed E-state index contributed by atoms with van der Waals surface area (Å²) in [4.78, 5) is 2.16. The maximum Gasteiger partial charge on any atom is 0.146 e. The Bertz CT molecular complexity index is 423. The highest BCUT2D eigenvalue weighted by atomic mass is 19.1. The third kappa shape index (κ3) is 2.83. The summed E-state index contributed by atoms with van der Waals surface area (Å²) in [7, 11) is 0. The molecule has 2 rings (SSSR count). The van der Waals surface area contributed by atoms with Crippen LogP contribution >= 0.6 is 0 Å². The van der Waals surface area contributed by atoms with E-state index >= 15 is 0 Å². The molecule has 1 aromatic rings. The van der Waals surface area contributed by atoms with Gasteiger partial charge in [0, 0.05) is 25.7 Å². The summed E-state index contributed by atoms with van der Waals surface area (Å²) < 4.78 is 13.9. The normalized spacial score (nSPS) is 21.2. The standard InChI is InChI=1S/C15H23FN2/c1-11-5-6-12(16)13(9-11)18-8-7-17-14(10-18)15(2,3)4/h5-6,9,14,17H,7-8,10H2,1-4H3. The maximum absolute atomic E-state index is 13.9. The van der Waals surface area contributed by atoms with Crippen molar-refractivity contribution in [3.8, 4) is 0 Å². The van der Waals surface area contributed by atoms with E-state index in [0.29, 0.717) is 6.04 Å². The molecule has 1 atom stereocenters. The summed E-state index contributed by atoms with van der Waals surface area (Å²) in [6, 6.07) is 5.73. The van der Waals surface area contributed by atoms with Crippen LogP contribution < -0.4 is 10.2 Å². The van der Waals surface area contributed by atoms with Gasteiger partial charge >= 0.3 is 0 Å². The molecule has 0 radical (unpaired) electrons. The number of nitrogens with zero attached hydrogens (tertiary/aromatic N) is 1. The lowest BCUT2D eigenvalue weighted by molar-refractivity contribution is 0.253. The molecule has 1 aromatic carbocycles. The minimum Gasteiger partial charge on any atom is -0.366 e. The van der Waals surface area contributed by atoms with Crippen molar-refractivity contribution in [3.63, 3.8) is 0 Å². The predicted octanol–water partition coefficient (Wildman–Crippen LogP) is 2.96. The lowest BCUT2D eigenvalue weighted by atomic mass is 9.85. The van der Waals surface area contributed by atoms with Crippen LogP contribution in [0.25, 0.3) is 0 Å². The van der Waals surface area contributed by atoms with Crippen LogP contribution in [0.1, 0.15) is 26.3 Å². The van der Waals surface area contributed by atoms with Gasteiger partial charge in [0.05, 0.1) is 5.69 Å². The quantitative estimate of drug-likeness (QED) is 0.824. The van der Waals surface area contributed by atoms with Crippen LogP contribution in [0.15, 0.2) is 18.2 Å². The molecule has 1 heterocycles. The van der Waals surface area contributed by atoms with Crippen LogP contribution in [0.3, 0.4) is 0 Å². The average molecular weight is 250 g/mol. The number of piperazine rings is 1. The second-order valence-electron chi connectivity index (χ2n) is 6.27. The summed E-state index contributed by atoms with van der Waals surface area (Å²) >= 11 is 0. The molecule has 1 saturated heterocycles. The highest BCUT2D eigenvalue weighted by Crippen LogP contribution is 2.27. The van der Waals surface area contributed by atoms with Gasteiger partial charge in [-0.15, -0.1) is 0 Å². The zero-order valence-corrected chi connectivity index (χ0v) is 11.8. The first kappa shape index (κ1) is 13.3. The fraction of sp³-hybridized carbons (Fsp3) is 0.600. The number of rotatable bonds is 1. The number of halogens is 1. The lowest BCUT2D eigenvalue weighted by Crippen LogP contribution is -2.56. The van der Waals surface area contributed by atoms with Crippen molar-refractivity contribution in [1.82, 2.24) is 5.32 Å². The molecule has 2 nitrogen and oxygen atoms in total. The number of nitrogens with one attached hydrogen (secondary N) is 1. The van der Waals surface area contributed by atoms with Crippen molar-refractivity contribution in [1.29, 1.82) is 0 Å². The van der Waals surface area contributed by atoms with Crippen molar-refractivity contribution in [2.45, 2.75) is 33.7 Å². The second-order valence-corrected chi connectivity index (χ2v) is 6.27. The Balaban J connectivity index is 2.21. The van der Waals surface area contributed by atoms with Gasteiger partial charge < -0.3 is 10.2 Å². The third-order valence-corrected chi connectivity index (χ3v) is 3.66. The molecular formula is C15H23FN2. The van der Waals surface area contributed by atoms with Crippen LogP contribution in [-0.2, 0) is 0 Å². The molecule has 18 heavy (non-hydrogen) atoms. The van der Waals surface area contributed by atoms with E-state index in [1.54, 1.807) is 6.07 Å². The smallest absolute Gasteiger partial charge is 0.146 e. The molecule has 1 unspecified atom stereocenters. The number of hydrogen-bond acceptors (Lipinski definition) is 2. The van der Waals surface area contributed by atoms with E-state index in [4.69, 9.17) is 0 Å². The largest absolute Gasteiger partial charge is 0.366 e. The Labute approximate surface area is 109 Å². The van der Waals surface area contributed by atoms with Crippen LogP contribution in [-0.4, -0.2) is 25.7 Å². The molecular weight excluding hydrogens is 227 g/mol. The van der Waals surface area contributed by atoms with Crippen LogP contribution in [0.4, 0.5) is 10.1 Å². The summed E-state index contributed by atoms with van der Waals surface area (Å²) in [5.74, 6) is -0.116. The van der Waals surface area contributed by atoms with Crippen LogP contribution in [0.2, 0.25) is 0 Å². The van der Waals surface area contributed by atoms with Gasteiger partial charge in [-0.1, -0.05) is 26.8 Å². The Morgan fingerprint density at radius 2 is 2.06 bits per heavy atom. The molecule has 1 aliphatic heterocycles. The van der Waals surface area contributed by atoms with Crippen LogP contribution in [0, 0.1) is 18.2 Å². The predicted molar refractivity (Wildman–Crippen MR) is 74.6 cm³/mol. The van der Waals surface area contributed by atoms with Gasteiger partial charge in [0.2, 0.25) is 0 Å². The van der Waals surface area contributed by atoms with Crippen molar-refractivity contribution in [2.75, 3.05) is 24.5 Å². The van der Waals surface area contributed by atoms with E-state index in [1.165, 1.54) is 0 Å². The SMILES string of the molecule is Cc1ccc(F)c(N2CCNC(C(C)(C)C)C2)c1. The minimum atomic E-state index is -0.116.